The maximum absolute atomic E-state index is 13.4. The number of anilines is 1. The molecule has 0 aliphatic rings. The Balaban J connectivity index is 3.03. The molecule has 0 heterocycles. The maximum Gasteiger partial charge on any atom is 0.310 e. The second kappa shape index (κ2) is 5.90. The summed E-state index contributed by atoms with van der Waals surface area (Å²) in [4.78, 5) is 11.2. The summed E-state index contributed by atoms with van der Waals surface area (Å²) in [6.07, 6.45) is 0. The highest BCUT2D eigenvalue weighted by atomic mass is 19.2. The quantitative estimate of drug-likeness (QED) is 0.523. The molecule has 0 saturated carbocycles. The lowest BCUT2D eigenvalue weighted by atomic mass is 10.0. The Morgan fingerprint density at radius 1 is 1.16 bits per heavy atom. The average molecular weight is 279 g/mol. The van der Waals surface area contributed by atoms with Crippen molar-refractivity contribution in [3.63, 3.8) is 0 Å². The van der Waals surface area contributed by atoms with Gasteiger partial charge in [-0.3, -0.25) is 4.79 Å². The van der Waals surface area contributed by atoms with E-state index in [-0.39, 0.29) is 6.07 Å². The molecule has 2 atom stereocenters. The number of nitrogens with one attached hydrogen (secondary N) is 1. The lowest BCUT2D eigenvalue weighted by Crippen LogP contribution is -2.31. The molecule has 0 aliphatic carbocycles. The van der Waals surface area contributed by atoms with Gasteiger partial charge in [-0.2, -0.15) is 0 Å². The fourth-order valence-electron chi connectivity index (χ4n) is 1.44. The van der Waals surface area contributed by atoms with Gasteiger partial charge in [0.1, 0.15) is 5.69 Å². The largest absolute Gasteiger partial charge is 0.469 e. The number of benzene rings is 1. The normalized spacial score (nSPS) is 13.8. The molecule has 1 aromatic carbocycles. The number of hydrogen-bond donors (Lipinski definition) is 1. The van der Waals surface area contributed by atoms with Crippen LogP contribution >= 0.6 is 0 Å². The van der Waals surface area contributed by atoms with Crippen molar-refractivity contribution in [3.05, 3.63) is 29.3 Å². The van der Waals surface area contributed by atoms with Gasteiger partial charge in [-0.15, -0.1) is 0 Å². The molecule has 0 aromatic heterocycles. The highest BCUT2D eigenvalue weighted by molar-refractivity contribution is 5.73. The third kappa shape index (κ3) is 3.15. The lowest BCUT2D eigenvalue weighted by Gasteiger charge is -2.21. The Kier molecular flexibility index (Phi) is 4.74. The van der Waals surface area contributed by atoms with Crippen LogP contribution in [-0.2, 0) is 9.53 Å². The lowest BCUT2D eigenvalue weighted by molar-refractivity contribution is -0.145. The summed E-state index contributed by atoms with van der Waals surface area (Å²) < 4.78 is 57.2. The molecule has 7 heteroatoms. The molecule has 19 heavy (non-hydrogen) atoms. The smallest absolute Gasteiger partial charge is 0.310 e. The van der Waals surface area contributed by atoms with Crippen LogP contribution in [0.4, 0.5) is 23.2 Å². The molecule has 0 saturated heterocycles. The molecule has 0 amide bonds. The predicted molar refractivity (Wildman–Crippen MR) is 60.5 cm³/mol. The van der Waals surface area contributed by atoms with Crippen molar-refractivity contribution < 1.29 is 27.1 Å². The van der Waals surface area contributed by atoms with E-state index in [1.807, 2.05) is 0 Å². The number of halogens is 4. The summed E-state index contributed by atoms with van der Waals surface area (Å²) in [5.74, 6) is -7.47. The van der Waals surface area contributed by atoms with Crippen LogP contribution < -0.4 is 5.32 Å². The first kappa shape index (κ1) is 15.3. The standard InChI is InChI=1S/C12H13F4NO2/c1-5(12(18)19-3)6(2)17-11-9(15)7(13)4-8(14)10(11)16/h4-6,17H,1-3H3. The van der Waals surface area contributed by atoms with Crippen molar-refractivity contribution in [1.29, 1.82) is 0 Å². The number of carbonyl (C=O) groups is 1. The van der Waals surface area contributed by atoms with Crippen LogP contribution in [0.15, 0.2) is 6.07 Å². The van der Waals surface area contributed by atoms with E-state index in [9.17, 15) is 22.4 Å². The van der Waals surface area contributed by atoms with Gasteiger partial charge in [0.2, 0.25) is 0 Å². The third-order valence-electron chi connectivity index (χ3n) is 2.81. The molecule has 106 valence electrons. The second-order valence-electron chi connectivity index (χ2n) is 4.09. The van der Waals surface area contributed by atoms with E-state index in [4.69, 9.17) is 0 Å². The number of ether oxygens (including phenoxy) is 1. The maximum atomic E-state index is 13.4. The summed E-state index contributed by atoms with van der Waals surface area (Å²) in [5, 5.41) is 2.24. The molecule has 1 aromatic rings. The SMILES string of the molecule is COC(=O)C(C)C(C)Nc1c(F)c(F)cc(F)c1F. The monoisotopic (exact) mass is 279 g/mol. The van der Waals surface area contributed by atoms with Crippen LogP contribution in [0.1, 0.15) is 13.8 Å². The Hall–Kier alpha value is -1.79. The molecular formula is C12H13F4NO2. The highest BCUT2D eigenvalue weighted by Gasteiger charge is 2.25. The predicted octanol–water partition coefficient (Wildman–Crippen LogP) is 2.85. The zero-order valence-corrected chi connectivity index (χ0v) is 10.6. The molecular weight excluding hydrogens is 266 g/mol. The first-order valence-corrected chi connectivity index (χ1v) is 5.47. The number of carbonyl (C=O) groups excluding carboxylic acids is 1. The fourth-order valence-corrected chi connectivity index (χ4v) is 1.44. The van der Waals surface area contributed by atoms with E-state index >= 15 is 0 Å². The first-order chi connectivity index (χ1) is 8.79. The Labute approximate surface area is 107 Å². The minimum atomic E-state index is -1.54. The number of hydrogen-bond acceptors (Lipinski definition) is 3. The minimum absolute atomic E-state index is 0.115. The number of esters is 1. The minimum Gasteiger partial charge on any atom is -0.469 e. The van der Waals surface area contributed by atoms with Crippen molar-refractivity contribution in [2.75, 3.05) is 12.4 Å². The van der Waals surface area contributed by atoms with Crippen molar-refractivity contribution in [3.8, 4) is 0 Å². The summed E-state index contributed by atoms with van der Waals surface area (Å²) >= 11 is 0. The van der Waals surface area contributed by atoms with Crippen molar-refractivity contribution in [1.82, 2.24) is 0 Å². The fraction of sp³-hybridized carbons (Fsp3) is 0.417. The zero-order chi connectivity index (χ0) is 14.7. The van der Waals surface area contributed by atoms with Gasteiger partial charge >= 0.3 is 5.97 Å². The van der Waals surface area contributed by atoms with Crippen LogP contribution in [0.5, 0.6) is 0 Å². The first-order valence-electron chi connectivity index (χ1n) is 5.47. The molecule has 0 spiro atoms. The van der Waals surface area contributed by atoms with E-state index in [1.54, 1.807) is 0 Å². The average Bonchev–Trinajstić information content (AvgIpc) is 2.39. The van der Waals surface area contributed by atoms with E-state index in [0.717, 1.165) is 7.11 Å². The highest BCUT2D eigenvalue weighted by Crippen LogP contribution is 2.25. The number of rotatable bonds is 4. The van der Waals surface area contributed by atoms with Crippen LogP contribution in [0.25, 0.3) is 0 Å². The summed E-state index contributed by atoms with van der Waals surface area (Å²) in [6.45, 7) is 2.89. The second-order valence-corrected chi connectivity index (χ2v) is 4.09. The molecule has 1 rings (SSSR count). The van der Waals surface area contributed by atoms with Gasteiger partial charge in [0.25, 0.3) is 0 Å². The summed E-state index contributed by atoms with van der Waals surface area (Å²) in [5.41, 5.74) is -0.944. The van der Waals surface area contributed by atoms with Gasteiger partial charge in [-0.05, 0) is 13.8 Å². The van der Waals surface area contributed by atoms with E-state index in [1.165, 1.54) is 13.8 Å². The van der Waals surface area contributed by atoms with Crippen LogP contribution in [-0.4, -0.2) is 19.1 Å². The zero-order valence-electron chi connectivity index (χ0n) is 10.6. The van der Waals surface area contributed by atoms with Crippen molar-refractivity contribution in [2.24, 2.45) is 5.92 Å². The van der Waals surface area contributed by atoms with Crippen molar-refractivity contribution >= 4 is 11.7 Å². The van der Waals surface area contributed by atoms with Crippen LogP contribution in [0.2, 0.25) is 0 Å². The summed E-state index contributed by atoms with van der Waals surface area (Å²) in [7, 11) is 1.16. The van der Waals surface area contributed by atoms with E-state index in [2.05, 4.69) is 10.1 Å². The van der Waals surface area contributed by atoms with Gasteiger partial charge < -0.3 is 10.1 Å². The molecule has 0 fully saturated rings. The van der Waals surface area contributed by atoms with E-state index in [0.29, 0.717) is 0 Å². The Morgan fingerprint density at radius 2 is 1.63 bits per heavy atom. The van der Waals surface area contributed by atoms with Gasteiger partial charge in [-0.1, -0.05) is 0 Å². The Bertz CT molecular complexity index is 467. The van der Waals surface area contributed by atoms with Crippen LogP contribution in [0.3, 0.4) is 0 Å². The van der Waals surface area contributed by atoms with Gasteiger partial charge in [-0.25, -0.2) is 17.6 Å². The van der Waals surface area contributed by atoms with Gasteiger partial charge in [0, 0.05) is 12.1 Å². The van der Waals surface area contributed by atoms with Gasteiger partial charge in [0.15, 0.2) is 23.3 Å². The molecule has 2 unspecified atom stereocenters. The van der Waals surface area contributed by atoms with Crippen LogP contribution in [0, 0.1) is 29.2 Å². The molecule has 0 bridgehead atoms. The van der Waals surface area contributed by atoms with E-state index < -0.39 is 46.9 Å². The third-order valence-corrected chi connectivity index (χ3v) is 2.81. The topological polar surface area (TPSA) is 38.3 Å². The molecule has 3 nitrogen and oxygen atoms in total. The molecule has 0 radical (unpaired) electrons. The van der Waals surface area contributed by atoms with Crippen molar-refractivity contribution in [2.45, 2.75) is 19.9 Å². The molecule has 0 aliphatic heterocycles. The summed E-state index contributed by atoms with van der Waals surface area (Å²) in [6, 6.07) is -0.665. The number of methoxy groups -OCH3 is 1. The Morgan fingerprint density at radius 3 is 2.05 bits per heavy atom. The van der Waals surface area contributed by atoms with Gasteiger partial charge in [0.05, 0.1) is 13.0 Å². The molecule has 1 N–H and O–H groups in total.